The second-order valence-electron chi connectivity index (χ2n) is 18.2. The molecule has 0 aliphatic heterocycles. The van der Waals surface area contributed by atoms with Gasteiger partial charge in [0.15, 0.2) is 0 Å². The predicted octanol–water partition coefficient (Wildman–Crippen LogP) is 15.6. The third-order valence-corrected chi connectivity index (χ3v) is 13.4. The van der Waals surface area contributed by atoms with Crippen LogP contribution in [0.3, 0.4) is 0 Å². The molecule has 0 saturated heterocycles. The highest BCUT2D eigenvalue weighted by atomic mass is 16.3. The van der Waals surface area contributed by atoms with Crippen LogP contribution in [-0.4, -0.2) is 5.84 Å². The van der Waals surface area contributed by atoms with Crippen molar-refractivity contribution in [3.63, 3.8) is 0 Å². The molecule has 344 valence electrons. The quantitative estimate of drug-likeness (QED) is 0.0414. The lowest BCUT2D eigenvalue weighted by molar-refractivity contribution is 0.669. The summed E-state index contributed by atoms with van der Waals surface area (Å²) in [5, 5.41) is 2.21. The summed E-state index contributed by atoms with van der Waals surface area (Å²) in [5.74, 6) is 6.81. The van der Waals surface area contributed by atoms with Gasteiger partial charge in [-0.05, 0) is 141 Å². The third-order valence-electron chi connectivity index (χ3n) is 13.4. The zero-order chi connectivity index (χ0) is 47.8. The first-order valence-electron chi connectivity index (χ1n) is 24.5. The summed E-state index contributed by atoms with van der Waals surface area (Å²) in [7, 11) is 0. The summed E-state index contributed by atoms with van der Waals surface area (Å²) in [5.41, 5.74) is 29.3. The number of rotatable bonds is 15. The Bertz CT molecular complexity index is 3430. The molecule has 0 unspecified atom stereocenters. The van der Waals surface area contributed by atoms with E-state index in [1.807, 2.05) is 30.3 Å². The van der Waals surface area contributed by atoms with Crippen LogP contribution in [0.5, 0.6) is 0 Å². The van der Waals surface area contributed by atoms with Gasteiger partial charge in [-0.15, -0.1) is 0 Å². The van der Waals surface area contributed by atoms with Gasteiger partial charge in [-0.1, -0.05) is 195 Å². The molecule has 8 aromatic carbocycles. The second kappa shape index (κ2) is 20.9. The van der Waals surface area contributed by atoms with Crippen LogP contribution < -0.4 is 17.0 Å². The lowest BCUT2D eigenvalue weighted by atomic mass is 9.89. The maximum atomic E-state index is 6.64. The SMILES string of the molecule is CCCc1cc(-c2cccc(C/C=C(\N=C(N)c3ccccc3)C3=CCCC=C3)c2)ccc1-c1cc2c(cc1C)oc1cc(-c3cccc(/C(=C/C(c4ccccc4)c4ccccc4)NN)c3)ccc12. The van der Waals surface area contributed by atoms with E-state index in [4.69, 9.17) is 21.0 Å². The molecular weight excluding hydrogens is 853 g/mol. The van der Waals surface area contributed by atoms with Crippen molar-refractivity contribution in [1.29, 1.82) is 0 Å². The van der Waals surface area contributed by atoms with Crippen LogP contribution in [0.1, 0.15) is 71.0 Å². The number of hydrogen-bond acceptors (Lipinski definition) is 4. The Morgan fingerprint density at radius 1 is 0.643 bits per heavy atom. The normalized spacial score (nSPS) is 13.3. The molecule has 0 radical (unpaired) electrons. The Balaban J connectivity index is 0.933. The van der Waals surface area contributed by atoms with Crippen molar-refractivity contribution in [2.75, 3.05) is 0 Å². The van der Waals surface area contributed by atoms with Crippen molar-refractivity contribution >= 4 is 33.5 Å². The van der Waals surface area contributed by atoms with Crippen molar-refractivity contribution in [2.45, 2.75) is 51.9 Å². The van der Waals surface area contributed by atoms with Crippen LogP contribution in [0, 0.1) is 6.92 Å². The fraction of sp³-hybridized carbons (Fsp3) is 0.123. The molecule has 5 nitrogen and oxygen atoms in total. The highest BCUT2D eigenvalue weighted by molar-refractivity contribution is 6.08. The fourth-order valence-corrected chi connectivity index (χ4v) is 9.80. The van der Waals surface area contributed by atoms with E-state index in [1.54, 1.807) is 0 Å². The van der Waals surface area contributed by atoms with Gasteiger partial charge in [0, 0.05) is 22.3 Å². The Morgan fingerprint density at radius 3 is 2.01 bits per heavy atom. The highest BCUT2D eigenvalue weighted by Gasteiger charge is 2.18. The van der Waals surface area contributed by atoms with Gasteiger partial charge < -0.3 is 15.6 Å². The molecule has 5 heteroatoms. The zero-order valence-electron chi connectivity index (χ0n) is 39.9. The maximum Gasteiger partial charge on any atom is 0.136 e. The molecule has 1 aliphatic rings. The van der Waals surface area contributed by atoms with E-state index in [0.29, 0.717) is 5.84 Å². The monoisotopic (exact) mass is 910 g/mol. The molecule has 5 N–H and O–H groups in total. The van der Waals surface area contributed by atoms with Gasteiger partial charge in [0.1, 0.15) is 17.0 Å². The smallest absolute Gasteiger partial charge is 0.136 e. The van der Waals surface area contributed by atoms with Gasteiger partial charge in [0.05, 0.1) is 11.4 Å². The number of furan rings is 1. The molecule has 0 spiro atoms. The molecule has 0 saturated carbocycles. The number of amidine groups is 1. The van der Waals surface area contributed by atoms with Crippen LogP contribution in [0.2, 0.25) is 0 Å². The van der Waals surface area contributed by atoms with Crippen LogP contribution in [0.25, 0.3) is 61.0 Å². The van der Waals surface area contributed by atoms with Crippen molar-refractivity contribution in [3.8, 4) is 33.4 Å². The standard InChI is InChI=1S/C65H58N4O/c1-3-18-54-39-52(50-28-16-19-45(38-50)31-36-61(48-24-12-6-13-25-48)68-65(66)49-26-14-7-15-27-49)32-34-56(54)58-42-60-57-35-33-53(41-64(57)70-63(60)37-44(58)2)51-29-17-30-55(40-51)62(69-67)43-59(46-20-8-4-9-21-46)47-22-10-5-11-23-47/h4-5,7-12,14-17,19-30,32-43,59,69H,3,6,13,18,31,67H2,1-2H3,(H2,66,68)/b61-36-,62-43-. The number of fused-ring (bicyclic) bond motifs is 3. The van der Waals surface area contributed by atoms with Gasteiger partial charge in [-0.2, -0.15) is 0 Å². The molecule has 1 aromatic heterocycles. The second-order valence-corrected chi connectivity index (χ2v) is 18.2. The average molecular weight is 911 g/mol. The first-order chi connectivity index (χ1) is 34.4. The minimum absolute atomic E-state index is 0.0212. The summed E-state index contributed by atoms with van der Waals surface area (Å²) in [6, 6.07) is 66.6. The largest absolute Gasteiger partial charge is 0.456 e. The van der Waals surface area contributed by atoms with Crippen LogP contribution in [-0.2, 0) is 12.8 Å². The van der Waals surface area contributed by atoms with Gasteiger partial charge in [0.25, 0.3) is 0 Å². The fourth-order valence-electron chi connectivity index (χ4n) is 9.80. The molecule has 9 aromatic rings. The highest BCUT2D eigenvalue weighted by Crippen LogP contribution is 2.39. The number of aryl methyl sites for hydroxylation is 2. The molecule has 0 amide bonds. The summed E-state index contributed by atoms with van der Waals surface area (Å²) in [6.45, 7) is 4.45. The number of hydrogen-bond donors (Lipinski definition) is 3. The van der Waals surface area contributed by atoms with Crippen molar-refractivity contribution in [3.05, 3.63) is 269 Å². The number of allylic oxidation sites excluding steroid dienone is 5. The molecule has 1 heterocycles. The number of nitrogens with two attached hydrogens (primary N) is 2. The minimum Gasteiger partial charge on any atom is -0.456 e. The number of nitrogens with zero attached hydrogens (tertiary/aromatic N) is 1. The van der Waals surface area contributed by atoms with Gasteiger partial charge >= 0.3 is 0 Å². The van der Waals surface area contributed by atoms with Crippen LogP contribution in [0.4, 0.5) is 0 Å². The van der Waals surface area contributed by atoms with E-state index < -0.39 is 0 Å². The number of aliphatic imine (C=N–C) groups is 1. The molecule has 70 heavy (non-hydrogen) atoms. The van der Waals surface area contributed by atoms with E-state index >= 15 is 0 Å². The summed E-state index contributed by atoms with van der Waals surface area (Å²) >= 11 is 0. The van der Waals surface area contributed by atoms with Crippen LogP contribution in [0.15, 0.2) is 239 Å². The van der Waals surface area contributed by atoms with Crippen molar-refractivity contribution < 1.29 is 4.42 Å². The van der Waals surface area contributed by atoms with E-state index in [0.717, 1.165) is 93.3 Å². The predicted molar refractivity (Wildman–Crippen MR) is 294 cm³/mol. The molecule has 10 rings (SSSR count). The molecule has 1 aliphatic carbocycles. The number of hydrazine groups is 1. The Kier molecular flexibility index (Phi) is 13.6. The van der Waals surface area contributed by atoms with E-state index in [1.165, 1.54) is 50.1 Å². The molecular formula is C65H58N4O. The zero-order valence-corrected chi connectivity index (χ0v) is 39.9. The summed E-state index contributed by atoms with van der Waals surface area (Å²) in [6.07, 6.45) is 15.9. The lowest BCUT2D eigenvalue weighted by Crippen LogP contribution is -2.21. The van der Waals surface area contributed by atoms with Gasteiger partial charge in [-0.25, -0.2) is 4.99 Å². The Labute approximate surface area is 411 Å². The Hall–Kier alpha value is -8.25. The number of nitrogens with one attached hydrogen (secondary N) is 1. The lowest BCUT2D eigenvalue weighted by Gasteiger charge is -2.17. The third kappa shape index (κ3) is 9.98. The molecule has 0 atom stereocenters. The number of benzene rings is 8. The summed E-state index contributed by atoms with van der Waals surface area (Å²) < 4.78 is 6.64. The first-order valence-corrected chi connectivity index (χ1v) is 24.5. The van der Waals surface area contributed by atoms with Gasteiger partial charge in [-0.3, -0.25) is 5.84 Å². The first kappa shape index (κ1) is 45.5. The summed E-state index contributed by atoms with van der Waals surface area (Å²) in [4.78, 5) is 4.95. The van der Waals surface area contributed by atoms with Crippen molar-refractivity contribution in [2.24, 2.45) is 16.6 Å². The maximum absolute atomic E-state index is 6.64. The molecule has 0 fully saturated rings. The molecule has 0 bridgehead atoms. The van der Waals surface area contributed by atoms with E-state index in [2.05, 4.69) is 207 Å². The average Bonchev–Trinajstić information content (AvgIpc) is 3.77. The van der Waals surface area contributed by atoms with E-state index in [-0.39, 0.29) is 5.92 Å². The minimum atomic E-state index is 0.0212. The topological polar surface area (TPSA) is 89.6 Å². The Morgan fingerprint density at radius 2 is 1.30 bits per heavy atom. The van der Waals surface area contributed by atoms with Gasteiger partial charge in [0.2, 0.25) is 0 Å². The van der Waals surface area contributed by atoms with E-state index in [9.17, 15) is 0 Å². The van der Waals surface area contributed by atoms with Crippen LogP contribution >= 0.6 is 0 Å². The van der Waals surface area contributed by atoms with Crippen molar-refractivity contribution in [1.82, 2.24) is 5.43 Å².